The SMILES string of the molecule is Cc1ccc2nc(CCC(=O)N3CCc4ccccc4C3)[nH]c2c1. The van der Waals surface area contributed by atoms with Gasteiger partial charge in [-0.3, -0.25) is 4.79 Å². The molecule has 0 saturated heterocycles. The minimum atomic E-state index is 0.209. The van der Waals surface area contributed by atoms with Crippen LogP contribution in [-0.4, -0.2) is 27.3 Å². The second-order valence-corrected chi connectivity index (χ2v) is 6.54. The first-order valence-corrected chi connectivity index (χ1v) is 8.49. The number of hydrogen-bond donors (Lipinski definition) is 1. The number of fused-ring (bicyclic) bond motifs is 2. The highest BCUT2D eigenvalue weighted by molar-refractivity contribution is 5.78. The highest BCUT2D eigenvalue weighted by Gasteiger charge is 2.20. The third kappa shape index (κ3) is 2.92. The molecule has 0 fully saturated rings. The van der Waals surface area contributed by atoms with Crippen molar-refractivity contribution < 1.29 is 4.79 Å². The van der Waals surface area contributed by atoms with Crippen LogP contribution < -0.4 is 0 Å². The zero-order valence-electron chi connectivity index (χ0n) is 13.9. The summed E-state index contributed by atoms with van der Waals surface area (Å²) in [6.07, 6.45) is 2.11. The van der Waals surface area contributed by atoms with Crippen LogP contribution in [0.5, 0.6) is 0 Å². The fourth-order valence-corrected chi connectivity index (χ4v) is 3.39. The van der Waals surface area contributed by atoms with Gasteiger partial charge in [-0.05, 0) is 42.2 Å². The summed E-state index contributed by atoms with van der Waals surface area (Å²) in [4.78, 5) is 22.4. The van der Waals surface area contributed by atoms with Gasteiger partial charge in [0.15, 0.2) is 0 Å². The Bertz CT molecular complexity index is 897. The van der Waals surface area contributed by atoms with Gasteiger partial charge in [-0.2, -0.15) is 0 Å². The van der Waals surface area contributed by atoms with Crippen LogP contribution in [0.2, 0.25) is 0 Å². The summed E-state index contributed by atoms with van der Waals surface area (Å²) in [5, 5.41) is 0. The topological polar surface area (TPSA) is 49.0 Å². The Balaban J connectivity index is 1.41. The van der Waals surface area contributed by atoms with Crippen molar-refractivity contribution in [1.29, 1.82) is 0 Å². The number of benzene rings is 2. The molecule has 24 heavy (non-hydrogen) atoms. The number of amides is 1. The second kappa shape index (κ2) is 6.11. The Kier molecular flexibility index (Phi) is 3.81. The Morgan fingerprint density at radius 2 is 2.04 bits per heavy atom. The first kappa shape index (κ1) is 14.9. The molecule has 0 spiro atoms. The van der Waals surface area contributed by atoms with Crippen molar-refractivity contribution in [3.8, 4) is 0 Å². The summed E-state index contributed by atoms with van der Waals surface area (Å²) >= 11 is 0. The van der Waals surface area contributed by atoms with Crippen molar-refractivity contribution in [2.45, 2.75) is 32.7 Å². The molecule has 0 bridgehead atoms. The van der Waals surface area contributed by atoms with Gasteiger partial charge < -0.3 is 9.88 Å². The van der Waals surface area contributed by atoms with E-state index in [0.717, 1.165) is 36.4 Å². The number of nitrogens with zero attached hydrogens (tertiary/aromatic N) is 2. The van der Waals surface area contributed by atoms with E-state index in [9.17, 15) is 4.79 Å². The summed E-state index contributed by atoms with van der Waals surface area (Å²) in [5.41, 5.74) is 5.87. The standard InChI is InChI=1S/C20H21N3O/c1-14-6-7-17-18(12-14)22-19(21-17)8-9-20(24)23-11-10-15-4-2-3-5-16(15)13-23/h2-7,12H,8-11,13H2,1H3,(H,21,22). The lowest BCUT2D eigenvalue weighted by molar-refractivity contribution is -0.132. The van der Waals surface area contributed by atoms with Crippen LogP contribution >= 0.6 is 0 Å². The van der Waals surface area contributed by atoms with Gasteiger partial charge in [-0.25, -0.2) is 4.98 Å². The van der Waals surface area contributed by atoms with Gasteiger partial charge in [0.05, 0.1) is 11.0 Å². The summed E-state index contributed by atoms with van der Waals surface area (Å²) < 4.78 is 0. The normalized spacial score (nSPS) is 14.0. The van der Waals surface area contributed by atoms with E-state index in [1.165, 1.54) is 16.7 Å². The van der Waals surface area contributed by atoms with Crippen LogP contribution in [0.25, 0.3) is 11.0 Å². The van der Waals surface area contributed by atoms with Gasteiger partial charge in [0.25, 0.3) is 0 Å². The maximum absolute atomic E-state index is 12.5. The monoisotopic (exact) mass is 319 g/mol. The number of H-pyrrole nitrogens is 1. The number of nitrogens with one attached hydrogen (secondary N) is 1. The maximum Gasteiger partial charge on any atom is 0.223 e. The molecule has 3 aromatic rings. The quantitative estimate of drug-likeness (QED) is 0.804. The van der Waals surface area contributed by atoms with E-state index in [-0.39, 0.29) is 5.91 Å². The van der Waals surface area contributed by atoms with Crippen LogP contribution in [0.1, 0.15) is 28.9 Å². The van der Waals surface area contributed by atoms with Gasteiger partial charge in [-0.15, -0.1) is 0 Å². The van der Waals surface area contributed by atoms with E-state index in [4.69, 9.17) is 0 Å². The Labute approximate surface area is 141 Å². The van der Waals surface area contributed by atoms with Gasteiger partial charge in [0, 0.05) is 25.9 Å². The molecule has 0 aliphatic carbocycles. The van der Waals surface area contributed by atoms with Crippen LogP contribution in [-0.2, 0) is 24.2 Å². The minimum absolute atomic E-state index is 0.209. The largest absolute Gasteiger partial charge is 0.342 e. The van der Waals surface area contributed by atoms with Crippen molar-refractivity contribution in [3.05, 3.63) is 65.0 Å². The average Bonchev–Trinajstić information content (AvgIpc) is 3.01. The fourth-order valence-electron chi connectivity index (χ4n) is 3.39. The summed E-state index contributed by atoms with van der Waals surface area (Å²) in [6.45, 7) is 3.61. The Morgan fingerprint density at radius 1 is 1.21 bits per heavy atom. The van der Waals surface area contributed by atoms with Crippen molar-refractivity contribution in [2.24, 2.45) is 0 Å². The summed E-state index contributed by atoms with van der Waals surface area (Å²) in [6, 6.07) is 14.6. The lowest BCUT2D eigenvalue weighted by atomic mass is 9.99. The number of carbonyl (C=O) groups is 1. The van der Waals surface area contributed by atoms with E-state index in [1.807, 2.05) is 17.0 Å². The van der Waals surface area contributed by atoms with Crippen LogP contribution in [0.4, 0.5) is 0 Å². The molecule has 2 heterocycles. The number of hydrogen-bond acceptors (Lipinski definition) is 2. The van der Waals surface area contributed by atoms with E-state index in [1.54, 1.807) is 0 Å². The highest BCUT2D eigenvalue weighted by Crippen LogP contribution is 2.20. The zero-order chi connectivity index (χ0) is 16.5. The summed E-state index contributed by atoms with van der Waals surface area (Å²) in [7, 11) is 0. The Hall–Kier alpha value is -2.62. The van der Waals surface area contributed by atoms with Crippen LogP contribution in [0, 0.1) is 6.92 Å². The van der Waals surface area contributed by atoms with Crippen molar-refractivity contribution in [1.82, 2.24) is 14.9 Å². The highest BCUT2D eigenvalue weighted by atomic mass is 16.2. The van der Waals surface area contributed by atoms with Crippen LogP contribution in [0.15, 0.2) is 42.5 Å². The molecule has 0 atom stereocenters. The molecule has 4 heteroatoms. The van der Waals surface area contributed by atoms with Crippen molar-refractivity contribution in [2.75, 3.05) is 6.54 Å². The molecule has 0 unspecified atom stereocenters. The number of aromatic amines is 1. The average molecular weight is 319 g/mol. The Morgan fingerprint density at radius 3 is 2.92 bits per heavy atom. The second-order valence-electron chi connectivity index (χ2n) is 6.54. The van der Waals surface area contributed by atoms with E-state index < -0.39 is 0 Å². The van der Waals surface area contributed by atoms with Gasteiger partial charge in [0.1, 0.15) is 5.82 Å². The summed E-state index contributed by atoms with van der Waals surface area (Å²) in [5.74, 6) is 1.10. The number of imidazole rings is 1. The minimum Gasteiger partial charge on any atom is -0.342 e. The van der Waals surface area contributed by atoms with Crippen LogP contribution in [0.3, 0.4) is 0 Å². The molecule has 1 aromatic heterocycles. The number of rotatable bonds is 3. The number of carbonyl (C=O) groups excluding carboxylic acids is 1. The molecule has 4 nitrogen and oxygen atoms in total. The zero-order valence-corrected chi connectivity index (χ0v) is 13.9. The van der Waals surface area contributed by atoms with E-state index in [2.05, 4.69) is 47.2 Å². The molecule has 0 radical (unpaired) electrons. The fraction of sp³-hybridized carbons (Fsp3) is 0.300. The first-order valence-electron chi connectivity index (χ1n) is 8.49. The van der Waals surface area contributed by atoms with Gasteiger partial charge in [0.2, 0.25) is 5.91 Å². The lowest BCUT2D eigenvalue weighted by Crippen LogP contribution is -2.36. The molecule has 1 amide bonds. The van der Waals surface area contributed by atoms with Crippen molar-refractivity contribution in [3.63, 3.8) is 0 Å². The first-order chi connectivity index (χ1) is 11.7. The smallest absolute Gasteiger partial charge is 0.223 e. The van der Waals surface area contributed by atoms with E-state index in [0.29, 0.717) is 12.8 Å². The predicted octanol–water partition coefficient (Wildman–Crippen LogP) is 3.39. The molecule has 2 aromatic carbocycles. The molecule has 1 aliphatic heterocycles. The van der Waals surface area contributed by atoms with E-state index >= 15 is 0 Å². The third-order valence-corrected chi connectivity index (χ3v) is 4.75. The molecule has 1 N–H and O–H groups in total. The van der Waals surface area contributed by atoms with Crippen molar-refractivity contribution >= 4 is 16.9 Å². The molecule has 1 aliphatic rings. The maximum atomic E-state index is 12.5. The van der Waals surface area contributed by atoms with Gasteiger partial charge in [-0.1, -0.05) is 30.3 Å². The number of aryl methyl sites for hydroxylation is 2. The molecule has 122 valence electrons. The lowest BCUT2D eigenvalue weighted by Gasteiger charge is -2.28. The molecular formula is C20H21N3O. The molecular weight excluding hydrogens is 298 g/mol. The third-order valence-electron chi connectivity index (χ3n) is 4.75. The molecule has 4 rings (SSSR count). The molecule has 0 saturated carbocycles. The van der Waals surface area contributed by atoms with Gasteiger partial charge >= 0.3 is 0 Å². The predicted molar refractivity (Wildman–Crippen MR) is 94.7 cm³/mol. The number of aromatic nitrogens is 2.